The quantitative estimate of drug-likeness (QED) is 0.877. The molecule has 2 fully saturated rings. The SMILES string of the molecule is CCCC(C)N1CC2(CCN(C(=O)c3ccc(CO)cc3)CC2)OC1=O. The van der Waals surface area contributed by atoms with E-state index in [4.69, 9.17) is 9.84 Å². The van der Waals surface area contributed by atoms with Gasteiger partial charge in [-0.1, -0.05) is 25.5 Å². The molecule has 6 nitrogen and oxygen atoms in total. The summed E-state index contributed by atoms with van der Waals surface area (Å²) in [6.45, 7) is 5.95. The van der Waals surface area contributed by atoms with Gasteiger partial charge in [-0.2, -0.15) is 0 Å². The molecule has 0 bridgehead atoms. The molecule has 0 saturated carbocycles. The molecule has 0 aromatic heterocycles. The van der Waals surface area contributed by atoms with Crippen LogP contribution < -0.4 is 0 Å². The fourth-order valence-corrected chi connectivity index (χ4v) is 3.87. The standard InChI is InChI=1S/C20H28N2O4/c1-3-4-15(2)22-14-20(26-19(22)25)9-11-21(12-10-20)18(24)17-7-5-16(13-23)6-8-17/h5-8,15,23H,3-4,9-14H2,1-2H3. The third-order valence-corrected chi connectivity index (χ3v) is 5.58. The molecular weight excluding hydrogens is 332 g/mol. The normalized spacial score (nSPS) is 20.3. The summed E-state index contributed by atoms with van der Waals surface area (Å²) < 4.78 is 5.76. The lowest BCUT2D eigenvalue weighted by Gasteiger charge is -2.37. The molecule has 1 spiro atoms. The fourth-order valence-electron chi connectivity index (χ4n) is 3.87. The van der Waals surface area contributed by atoms with Crippen LogP contribution in [0.3, 0.4) is 0 Å². The van der Waals surface area contributed by atoms with E-state index in [0.717, 1.165) is 18.4 Å². The lowest BCUT2D eigenvalue weighted by Crippen LogP contribution is -2.49. The molecule has 2 saturated heterocycles. The highest BCUT2D eigenvalue weighted by molar-refractivity contribution is 5.94. The van der Waals surface area contributed by atoms with E-state index < -0.39 is 5.60 Å². The average molecular weight is 360 g/mol. The molecule has 0 aliphatic carbocycles. The van der Waals surface area contributed by atoms with Gasteiger partial charge in [0.05, 0.1) is 13.2 Å². The molecule has 1 atom stereocenters. The monoisotopic (exact) mass is 360 g/mol. The van der Waals surface area contributed by atoms with Crippen molar-refractivity contribution in [2.24, 2.45) is 0 Å². The second kappa shape index (κ2) is 7.66. The minimum absolute atomic E-state index is 0.00938. The summed E-state index contributed by atoms with van der Waals surface area (Å²) in [6, 6.07) is 7.23. The van der Waals surface area contributed by atoms with Crippen molar-refractivity contribution in [1.29, 1.82) is 0 Å². The molecule has 6 heteroatoms. The smallest absolute Gasteiger partial charge is 0.410 e. The Morgan fingerprint density at radius 2 is 1.92 bits per heavy atom. The Kier molecular flexibility index (Phi) is 5.51. The molecule has 0 radical (unpaired) electrons. The summed E-state index contributed by atoms with van der Waals surface area (Å²) in [7, 11) is 0. The van der Waals surface area contributed by atoms with Crippen molar-refractivity contribution in [1.82, 2.24) is 9.80 Å². The number of piperidine rings is 1. The van der Waals surface area contributed by atoms with Gasteiger partial charge in [0, 0.05) is 37.5 Å². The topological polar surface area (TPSA) is 70.1 Å². The van der Waals surface area contributed by atoms with E-state index in [2.05, 4.69) is 13.8 Å². The van der Waals surface area contributed by atoms with Crippen LogP contribution in [-0.4, -0.2) is 58.2 Å². The van der Waals surface area contributed by atoms with Crippen LogP contribution in [0.4, 0.5) is 4.79 Å². The first-order valence-electron chi connectivity index (χ1n) is 9.47. The number of carbonyl (C=O) groups excluding carboxylic acids is 2. The Hall–Kier alpha value is -2.08. The number of hydrogen-bond acceptors (Lipinski definition) is 4. The largest absolute Gasteiger partial charge is 0.441 e. The predicted molar refractivity (Wildman–Crippen MR) is 97.8 cm³/mol. The Bertz CT molecular complexity index is 650. The zero-order chi connectivity index (χ0) is 18.7. The zero-order valence-corrected chi connectivity index (χ0v) is 15.6. The second-order valence-corrected chi connectivity index (χ2v) is 7.46. The maximum absolute atomic E-state index is 12.7. The second-order valence-electron chi connectivity index (χ2n) is 7.46. The van der Waals surface area contributed by atoms with Gasteiger partial charge in [-0.25, -0.2) is 4.79 Å². The van der Waals surface area contributed by atoms with Crippen molar-refractivity contribution >= 4 is 12.0 Å². The van der Waals surface area contributed by atoms with Crippen LogP contribution in [0.15, 0.2) is 24.3 Å². The summed E-state index contributed by atoms with van der Waals surface area (Å²) in [4.78, 5) is 28.6. The minimum atomic E-state index is -0.448. The lowest BCUT2D eigenvalue weighted by molar-refractivity contribution is 0.00306. The molecule has 1 unspecified atom stereocenters. The van der Waals surface area contributed by atoms with Crippen LogP contribution >= 0.6 is 0 Å². The van der Waals surface area contributed by atoms with E-state index in [1.54, 1.807) is 24.3 Å². The van der Waals surface area contributed by atoms with E-state index in [-0.39, 0.29) is 24.6 Å². The number of rotatable bonds is 5. The van der Waals surface area contributed by atoms with Crippen LogP contribution in [0.25, 0.3) is 0 Å². The molecule has 1 N–H and O–H groups in total. The van der Waals surface area contributed by atoms with Gasteiger partial charge in [-0.3, -0.25) is 4.79 Å². The van der Waals surface area contributed by atoms with Crippen LogP contribution in [0.2, 0.25) is 0 Å². The van der Waals surface area contributed by atoms with Crippen molar-refractivity contribution in [2.45, 2.75) is 57.8 Å². The van der Waals surface area contributed by atoms with Crippen molar-refractivity contribution in [3.63, 3.8) is 0 Å². The molecule has 2 aliphatic heterocycles. The van der Waals surface area contributed by atoms with E-state index in [9.17, 15) is 9.59 Å². The maximum Gasteiger partial charge on any atom is 0.410 e. The third-order valence-electron chi connectivity index (χ3n) is 5.58. The first-order chi connectivity index (χ1) is 12.5. The molecule has 2 aliphatic rings. The van der Waals surface area contributed by atoms with Crippen molar-refractivity contribution in [3.8, 4) is 0 Å². The van der Waals surface area contributed by atoms with Crippen LogP contribution in [0.5, 0.6) is 0 Å². The lowest BCUT2D eigenvalue weighted by atomic mass is 9.90. The third kappa shape index (κ3) is 3.70. The predicted octanol–water partition coefficient (Wildman–Crippen LogP) is 2.79. The summed E-state index contributed by atoms with van der Waals surface area (Å²) in [5, 5.41) is 9.11. The Morgan fingerprint density at radius 1 is 1.27 bits per heavy atom. The van der Waals surface area contributed by atoms with Crippen molar-refractivity contribution < 1.29 is 19.4 Å². The van der Waals surface area contributed by atoms with Gasteiger partial charge >= 0.3 is 6.09 Å². The highest BCUT2D eigenvalue weighted by Crippen LogP contribution is 2.35. The van der Waals surface area contributed by atoms with Crippen molar-refractivity contribution in [3.05, 3.63) is 35.4 Å². The Labute approximate surface area is 154 Å². The first-order valence-corrected chi connectivity index (χ1v) is 9.47. The van der Waals surface area contributed by atoms with E-state index in [1.807, 2.05) is 9.80 Å². The molecule has 2 amide bonds. The van der Waals surface area contributed by atoms with Gasteiger partial charge in [-0.05, 0) is 31.0 Å². The van der Waals surface area contributed by atoms with E-state index in [1.165, 1.54) is 0 Å². The van der Waals surface area contributed by atoms with Gasteiger partial charge in [0.15, 0.2) is 0 Å². The summed E-state index contributed by atoms with van der Waals surface area (Å²) in [5.41, 5.74) is 0.967. The number of amides is 2. The molecule has 1 aromatic rings. The number of aliphatic hydroxyl groups is 1. The summed E-state index contributed by atoms with van der Waals surface area (Å²) in [6.07, 6.45) is 3.14. The Balaban J connectivity index is 1.60. The first kappa shape index (κ1) is 18.7. The number of likely N-dealkylation sites (tertiary alicyclic amines) is 1. The summed E-state index contributed by atoms with van der Waals surface area (Å²) >= 11 is 0. The van der Waals surface area contributed by atoms with Crippen LogP contribution in [0, 0.1) is 0 Å². The number of carbonyl (C=O) groups is 2. The summed E-state index contributed by atoms with van der Waals surface area (Å²) in [5.74, 6) is -0.00938. The van der Waals surface area contributed by atoms with Gasteiger partial charge in [0.2, 0.25) is 0 Å². The van der Waals surface area contributed by atoms with E-state index >= 15 is 0 Å². The number of ether oxygens (including phenoxy) is 1. The molecule has 1 aromatic carbocycles. The number of aliphatic hydroxyl groups excluding tert-OH is 1. The van der Waals surface area contributed by atoms with Gasteiger partial charge in [-0.15, -0.1) is 0 Å². The van der Waals surface area contributed by atoms with Gasteiger partial charge in [0.25, 0.3) is 5.91 Å². The highest BCUT2D eigenvalue weighted by Gasteiger charge is 2.48. The molecular formula is C20H28N2O4. The number of hydrogen-bond donors (Lipinski definition) is 1. The van der Waals surface area contributed by atoms with Gasteiger partial charge < -0.3 is 19.6 Å². The maximum atomic E-state index is 12.7. The van der Waals surface area contributed by atoms with Gasteiger partial charge in [0.1, 0.15) is 5.60 Å². The van der Waals surface area contributed by atoms with Crippen LogP contribution in [0.1, 0.15) is 55.5 Å². The minimum Gasteiger partial charge on any atom is -0.441 e. The molecule has 2 heterocycles. The Morgan fingerprint density at radius 3 is 2.50 bits per heavy atom. The highest BCUT2D eigenvalue weighted by atomic mass is 16.6. The number of benzene rings is 1. The number of nitrogens with zero attached hydrogens (tertiary/aromatic N) is 2. The average Bonchev–Trinajstić information content (AvgIpc) is 2.98. The fraction of sp³-hybridized carbons (Fsp3) is 0.600. The van der Waals surface area contributed by atoms with E-state index in [0.29, 0.717) is 38.0 Å². The molecule has 142 valence electrons. The van der Waals surface area contributed by atoms with Crippen molar-refractivity contribution in [2.75, 3.05) is 19.6 Å². The molecule has 3 rings (SSSR count). The van der Waals surface area contributed by atoms with Crippen LogP contribution in [-0.2, 0) is 11.3 Å². The zero-order valence-electron chi connectivity index (χ0n) is 15.6. The molecule has 26 heavy (non-hydrogen) atoms.